The van der Waals surface area contributed by atoms with Gasteiger partial charge in [0, 0.05) is 5.56 Å². The lowest BCUT2D eigenvalue weighted by atomic mass is 10.1. The summed E-state index contributed by atoms with van der Waals surface area (Å²) in [5, 5.41) is 4.28. The van der Waals surface area contributed by atoms with Gasteiger partial charge < -0.3 is 9.47 Å². The molecule has 0 bridgehead atoms. The van der Waals surface area contributed by atoms with Crippen LogP contribution in [0.3, 0.4) is 0 Å². The molecule has 8 nitrogen and oxygen atoms in total. The van der Waals surface area contributed by atoms with Gasteiger partial charge in [0.15, 0.2) is 11.5 Å². The van der Waals surface area contributed by atoms with E-state index in [1.54, 1.807) is 50.6 Å². The molecule has 9 heteroatoms. The quantitative estimate of drug-likeness (QED) is 0.322. The van der Waals surface area contributed by atoms with Crippen molar-refractivity contribution in [3.63, 3.8) is 0 Å². The molecule has 3 aromatic rings. The molecule has 0 heterocycles. The number of rotatable bonds is 10. The van der Waals surface area contributed by atoms with E-state index >= 15 is 0 Å². The number of hydrogen-bond acceptors (Lipinski definition) is 6. The van der Waals surface area contributed by atoms with E-state index in [-0.39, 0.29) is 4.90 Å². The summed E-state index contributed by atoms with van der Waals surface area (Å²) in [4.78, 5) is 13.1. The predicted octanol–water partition coefficient (Wildman–Crippen LogP) is 4.45. The zero-order chi connectivity index (χ0) is 26.3. The predicted molar refractivity (Wildman–Crippen MR) is 141 cm³/mol. The van der Waals surface area contributed by atoms with Crippen molar-refractivity contribution in [1.29, 1.82) is 0 Å². The molecular weight excluding hydrogens is 478 g/mol. The zero-order valence-corrected chi connectivity index (χ0v) is 21.9. The number of benzene rings is 3. The van der Waals surface area contributed by atoms with Crippen LogP contribution in [0, 0.1) is 13.8 Å². The molecule has 0 atom stereocenters. The van der Waals surface area contributed by atoms with Gasteiger partial charge in [-0.05, 0) is 67.8 Å². The number of carbonyl (C=O) groups excluding carboxylic acids is 1. The zero-order valence-electron chi connectivity index (χ0n) is 21.1. The molecule has 190 valence electrons. The van der Waals surface area contributed by atoms with Crippen LogP contribution in [0.1, 0.15) is 30.0 Å². The van der Waals surface area contributed by atoms with Crippen LogP contribution in [0.5, 0.6) is 11.5 Å². The highest BCUT2D eigenvalue weighted by Crippen LogP contribution is 2.29. The Balaban J connectivity index is 1.92. The first-order chi connectivity index (χ1) is 17.2. The summed E-state index contributed by atoms with van der Waals surface area (Å²) < 4.78 is 38.9. The van der Waals surface area contributed by atoms with Crippen molar-refractivity contribution < 1.29 is 22.7 Å². The van der Waals surface area contributed by atoms with Crippen LogP contribution in [0.15, 0.2) is 76.7 Å². The third kappa shape index (κ3) is 6.04. The molecule has 3 aromatic carbocycles. The van der Waals surface area contributed by atoms with Crippen LogP contribution in [-0.2, 0) is 14.8 Å². The van der Waals surface area contributed by atoms with Crippen LogP contribution in [0.2, 0.25) is 0 Å². The van der Waals surface area contributed by atoms with Crippen LogP contribution in [-0.4, -0.2) is 40.8 Å². The lowest BCUT2D eigenvalue weighted by Crippen LogP contribution is -2.40. The van der Waals surface area contributed by atoms with Crippen molar-refractivity contribution in [3.8, 4) is 11.5 Å². The Labute approximate surface area is 212 Å². The van der Waals surface area contributed by atoms with Gasteiger partial charge >= 0.3 is 0 Å². The first-order valence-corrected chi connectivity index (χ1v) is 12.9. The van der Waals surface area contributed by atoms with Gasteiger partial charge in [-0.2, -0.15) is 5.10 Å². The maximum atomic E-state index is 13.6. The lowest BCUT2D eigenvalue weighted by molar-refractivity contribution is -0.119. The molecule has 0 saturated heterocycles. The topological polar surface area (TPSA) is 97.3 Å². The Kier molecular flexibility index (Phi) is 8.71. The second-order valence-electron chi connectivity index (χ2n) is 8.13. The number of aryl methyl sites for hydroxylation is 2. The third-order valence-corrected chi connectivity index (χ3v) is 7.39. The van der Waals surface area contributed by atoms with Crippen LogP contribution in [0.4, 0.5) is 5.69 Å². The average Bonchev–Trinajstić information content (AvgIpc) is 2.89. The second kappa shape index (κ2) is 11.7. The fourth-order valence-corrected chi connectivity index (χ4v) is 5.16. The minimum absolute atomic E-state index is 0.0989. The molecule has 1 N–H and O–H groups in total. The summed E-state index contributed by atoms with van der Waals surface area (Å²) in [7, 11) is -0.912. The van der Waals surface area contributed by atoms with E-state index in [0.29, 0.717) is 29.3 Å². The van der Waals surface area contributed by atoms with E-state index in [4.69, 9.17) is 9.47 Å². The number of carbonyl (C=O) groups is 1. The highest BCUT2D eigenvalue weighted by molar-refractivity contribution is 7.92. The number of anilines is 1. The van der Waals surface area contributed by atoms with Gasteiger partial charge in [-0.1, -0.05) is 37.3 Å². The van der Waals surface area contributed by atoms with Gasteiger partial charge in [0.25, 0.3) is 15.9 Å². The second-order valence-corrected chi connectivity index (χ2v) is 9.99. The standard InChI is InChI=1S/C27H31N3O5S/c1-6-23(21-14-15-25(34-4)26(17-21)35-5)28-29-27(31)18-30(24-16-19(2)12-13-20(24)3)36(32,33)22-10-8-7-9-11-22/h7-17H,6,18H2,1-5H3,(H,29,31)/b28-23-. The van der Waals surface area contributed by atoms with Crippen LogP contribution >= 0.6 is 0 Å². The normalized spacial score (nSPS) is 11.6. The van der Waals surface area contributed by atoms with Gasteiger partial charge in [0.2, 0.25) is 0 Å². The maximum absolute atomic E-state index is 13.6. The molecule has 0 spiro atoms. The van der Waals surface area contributed by atoms with E-state index in [1.807, 2.05) is 39.0 Å². The molecule has 0 saturated carbocycles. The molecule has 0 aromatic heterocycles. The molecule has 0 aliphatic rings. The Morgan fingerprint density at radius 3 is 2.28 bits per heavy atom. The van der Waals surface area contributed by atoms with Gasteiger partial charge in [-0.3, -0.25) is 9.10 Å². The first-order valence-electron chi connectivity index (χ1n) is 11.4. The molecular formula is C27H31N3O5S. The van der Waals surface area contributed by atoms with E-state index in [1.165, 1.54) is 12.1 Å². The molecule has 0 aliphatic carbocycles. The van der Waals surface area contributed by atoms with Gasteiger partial charge in [0.1, 0.15) is 6.54 Å². The number of amides is 1. The van der Waals surface area contributed by atoms with Gasteiger partial charge in [-0.25, -0.2) is 13.8 Å². The summed E-state index contributed by atoms with van der Waals surface area (Å²) in [6.07, 6.45) is 0.527. The fraction of sp³-hybridized carbons (Fsp3) is 0.259. The summed E-state index contributed by atoms with van der Waals surface area (Å²) in [6.45, 7) is 5.15. The SMILES string of the molecule is CC/C(=N/NC(=O)CN(c1cc(C)ccc1C)S(=O)(=O)c1ccccc1)c1ccc(OC)c(OC)c1. The Bertz CT molecular complexity index is 1360. The van der Waals surface area contributed by atoms with Gasteiger partial charge in [-0.15, -0.1) is 0 Å². The summed E-state index contributed by atoms with van der Waals surface area (Å²) in [5.74, 6) is 0.551. The van der Waals surface area contributed by atoms with Crippen molar-refractivity contribution in [2.75, 3.05) is 25.1 Å². The molecule has 0 unspecified atom stereocenters. The van der Waals surface area contributed by atoms with E-state index in [9.17, 15) is 13.2 Å². The fourth-order valence-electron chi connectivity index (χ4n) is 3.67. The number of sulfonamides is 1. The van der Waals surface area contributed by atoms with Crippen LogP contribution < -0.4 is 19.2 Å². The van der Waals surface area contributed by atoms with Crippen molar-refractivity contribution in [2.45, 2.75) is 32.1 Å². The maximum Gasteiger partial charge on any atom is 0.264 e. The number of methoxy groups -OCH3 is 2. The summed E-state index contributed by atoms with van der Waals surface area (Å²) >= 11 is 0. The largest absolute Gasteiger partial charge is 0.493 e. The number of nitrogens with one attached hydrogen (secondary N) is 1. The minimum Gasteiger partial charge on any atom is -0.493 e. The molecule has 3 rings (SSSR count). The summed E-state index contributed by atoms with van der Waals surface area (Å²) in [6, 6.07) is 18.9. The molecule has 36 heavy (non-hydrogen) atoms. The van der Waals surface area contributed by atoms with Crippen molar-refractivity contribution >= 4 is 27.3 Å². The molecule has 0 fully saturated rings. The monoisotopic (exact) mass is 509 g/mol. The number of hydrogen-bond donors (Lipinski definition) is 1. The number of nitrogens with zero attached hydrogens (tertiary/aromatic N) is 2. The molecule has 0 radical (unpaired) electrons. The van der Waals surface area contributed by atoms with Gasteiger partial charge in [0.05, 0.1) is 30.5 Å². The molecule has 1 amide bonds. The smallest absolute Gasteiger partial charge is 0.264 e. The number of hydrazone groups is 1. The summed E-state index contributed by atoms with van der Waals surface area (Å²) in [5.41, 5.74) is 5.93. The average molecular weight is 510 g/mol. The van der Waals surface area contributed by atoms with E-state index < -0.39 is 22.5 Å². The first kappa shape index (κ1) is 26.7. The van der Waals surface area contributed by atoms with E-state index in [2.05, 4.69) is 10.5 Å². The highest BCUT2D eigenvalue weighted by Gasteiger charge is 2.28. The third-order valence-electron chi connectivity index (χ3n) is 5.62. The number of ether oxygens (including phenoxy) is 2. The minimum atomic E-state index is -4.01. The Morgan fingerprint density at radius 1 is 0.944 bits per heavy atom. The Morgan fingerprint density at radius 2 is 1.64 bits per heavy atom. The lowest BCUT2D eigenvalue weighted by Gasteiger charge is -2.25. The van der Waals surface area contributed by atoms with Crippen molar-refractivity contribution in [1.82, 2.24) is 5.43 Å². The highest BCUT2D eigenvalue weighted by atomic mass is 32.2. The van der Waals surface area contributed by atoms with Crippen molar-refractivity contribution in [3.05, 3.63) is 83.4 Å². The van der Waals surface area contributed by atoms with Crippen molar-refractivity contribution in [2.24, 2.45) is 5.10 Å². The van der Waals surface area contributed by atoms with Crippen LogP contribution in [0.25, 0.3) is 0 Å². The Hall–Kier alpha value is -3.85. The van der Waals surface area contributed by atoms with E-state index in [0.717, 1.165) is 21.0 Å². The molecule has 0 aliphatic heterocycles.